The highest BCUT2D eigenvalue weighted by Crippen LogP contribution is 2.36. The second-order valence-electron chi connectivity index (χ2n) is 5.62. The molecule has 3 rings (SSSR count). The smallest absolute Gasteiger partial charge is 0.259 e. The maximum atomic E-state index is 11.9. The maximum Gasteiger partial charge on any atom is 0.259 e. The van der Waals surface area contributed by atoms with Crippen LogP contribution in [0.4, 0.5) is 0 Å². The van der Waals surface area contributed by atoms with Crippen molar-refractivity contribution in [3.63, 3.8) is 0 Å². The van der Waals surface area contributed by atoms with Crippen molar-refractivity contribution in [1.82, 2.24) is 14.9 Å². The van der Waals surface area contributed by atoms with E-state index in [0.29, 0.717) is 0 Å². The van der Waals surface area contributed by atoms with Crippen LogP contribution in [0.15, 0.2) is 11.1 Å². The first kappa shape index (κ1) is 12.8. The van der Waals surface area contributed by atoms with Crippen molar-refractivity contribution >= 4 is 21.6 Å². The molecule has 0 aliphatic heterocycles. The standard InChI is InChI=1S/C14H19N3OS/c1-17(2)6-5-9-3-4-10-11(7-9)19-14-12(10)13(18)15-8-16-14/h8-9H,3-7H2,1-2H3,(H,15,16,18). The Morgan fingerprint density at radius 3 is 3.16 bits per heavy atom. The van der Waals surface area contributed by atoms with Crippen molar-refractivity contribution in [2.45, 2.75) is 25.7 Å². The lowest BCUT2D eigenvalue weighted by Gasteiger charge is -2.23. The quantitative estimate of drug-likeness (QED) is 0.934. The number of aromatic nitrogens is 2. The number of thiophene rings is 1. The number of hydrogen-bond donors (Lipinski definition) is 1. The Morgan fingerprint density at radius 1 is 1.53 bits per heavy atom. The summed E-state index contributed by atoms with van der Waals surface area (Å²) < 4.78 is 0. The summed E-state index contributed by atoms with van der Waals surface area (Å²) in [5.74, 6) is 0.752. The average molecular weight is 277 g/mol. The maximum absolute atomic E-state index is 11.9. The fraction of sp³-hybridized carbons (Fsp3) is 0.571. The molecule has 1 N–H and O–H groups in total. The minimum atomic E-state index is 0.0224. The Bertz CT molecular complexity index is 644. The number of H-pyrrole nitrogens is 1. The largest absolute Gasteiger partial charge is 0.313 e. The van der Waals surface area contributed by atoms with Gasteiger partial charge in [-0.15, -0.1) is 11.3 Å². The second kappa shape index (κ2) is 5.06. The third kappa shape index (κ3) is 2.44. The van der Waals surface area contributed by atoms with E-state index in [1.807, 2.05) is 0 Å². The molecule has 4 nitrogen and oxygen atoms in total. The van der Waals surface area contributed by atoms with Gasteiger partial charge in [0.25, 0.3) is 5.56 Å². The van der Waals surface area contributed by atoms with Gasteiger partial charge in [-0.05, 0) is 57.8 Å². The average Bonchev–Trinajstić information content (AvgIpc) is 2.75. The SMILES string of the molecule is CN(C)CCC1CCc2c(sc3nc[nH]c(=O)c23)C1. The topological polar surface area (TPSA) is 49.0 Å². The van der Waals surface area contributed by atoms with Crippen LogP contribution in [0.25, 0.3) is 10.2 Å². The van der Waals surface area contributed by atoms with E-state index in [9.17, 15) is 4.79 Å². The van der Waals surface area contributed by atoms with E-state index < -0.39 is 0 Å². The predicted molar refractivity (Wildman–Crippen MR) is 78.9 cm³/mol. The molecule has 1 aliphatic carbocycles. The molecule has 0 saturated heterocycles. The Kier molecular flexibility index (Phi) is 3.41. The van der Waals surface area contributed by atoms with E-state index in [4.69, 9.17) is 0 Å². The molecule has 1 unspecified atom stereocenters. The third-order valence-electron chi connectivity index (χ3n) is 3.94. The zero-order valence-electron chi connectivity index (χ0n) is 11.4. The molecule has 1 atom stereocenters. The first-order valence-electron chi connectivity index (χ1n) is 6.78. The zero-order chi connectivity index (χ0) is 13.4. The van der Waals surface area contributed by atoms with Crippen molar-refractivity contribution in [3.05, 3.63) is 27.1 Å². The van der Waals surface area contributed by atoms with Crippen LogP contribution < -0.4 is 5.56 Å². The summed E-state index contributed by atoms with van der Waals surface area (Å²) in [6.07, 6.45) is 6.09. The van der Waals surface area contributed by atoms with Gasteiger partial charge in [0.15, 0.2) is 0 Å². The predicted octanol–water partition coefficient (Wildman–Crippen LogP) is 2.04. The minimum absolute atomic E-state index is 0.0224. The molecular weight excluding hydrogens is 258 g/mol. The van der Waals surface area contributed by atoms with Gasteiger partial charge in [0.1, 0.15) is 4.83 Å². The fourth-order valence-electron chi connectivity index (χ4n) is 2.87. The number of hydrogen-bond acceptors (Lipinski definition) is 4. The van der Waals surface area contributed by atoms with Gasteiger partial charge in [0.05, 0.1) is 11.7 Å². The summed E-state index contributed by atoms with van der Waals surface area (Å²) >= 11 is 1.71. The van der Waals surface area contributed by atoms with Crippen LogP contribution in [0.2, 0.25) is 0 Å². The highest BCUT2D eigenvalue weighted by atomic mass is 32.1. The normalized spacial score (nSPS) is 19.0. The molecule has 0 aromatic carbocycles. The molecule has 0 fully saturated rings. The Hall–Kier alpha value is -1.20. The van der Waals surface area contributed by atoms with Gasteiger partial charge < -0.3 is 9.88 Å². The zero-order valence-corrected chi connectivity index (χ0v) is 12.2. The minimum Gasteiger partial charge on any atom is -0.313 e. The van der Waals surface area contributed by atoms with Crippen LogP contribution >= 0.6 is 11.3 Å². The number of nitrogens with zero attached hydrogens (tertiary/aromatic N) is 2. The van der Waals surface area contributed by atoms with Crippen LogP contribution in [0.5, 0.6) is 0 Å². The lowest BCUT2D eigenvalue weighted by atomic mass is 9.86. The van der Waals surface area contributed by atoms with E-state index in [2.05, 4.69) is 29.0 Å². The third-order valence-corrected chi connectivity index (χ3v) is 5.10. The molecule has 0 spiro atoms. The summed E-state index contributed by atoms with van der Waals surface area (Å²) in [4.78, 5) is 23.4. The lowest BCUT2D eigenvalue weighted by Crippen LogP contribution is -2.20. The molecule has 0 amide bonds. The summed E-state index contributed by atoms with van der Waals surface area (Å²) in [5.41, 5.74) is 1.28. The summed E-state index contributed by atoms with van der Waals surface area (Å²) in [6, 6.07) is 0. The van der Waals surface area contributed by atoms with Gasteiger partial charge in [-0.1, -0.05) is 0 Å². The number of rotatable bonds is 3. The van der Waals surface area contributed by atoms with Crippen molar-refractivity contribution in [2.75, 3.05) is 20.6 Å². The number of nitrogens with one attached hydrogen (secondary N) is 1. The van der Waals surface area contributed by atoms with Gasteiger partial charge in [-0.3, -0.25) is 4.79 Å². The second-order valence-corrected chi connectivity index (χ2v) is 6.70. The molecule has 0 saturated carbocycles. The highest BCUT2D eigenvalue weighted by molar-refractivity contribution is 7.18. The molecule has 102 valence electrons. The summed E-state index contributed by atoms with van der Waals surface area (Å²) in [6.45, 7) is 1.14. The summed E-state index contributed by atoms with van der Waals surface area (Å²) in [7, 11) is 4.24. The Morgan fingerprint density at radius 2 is 2.37 bits per heavy atom. The van der Waals surface area contributed by atoms with Crippen LogP contribution in [0, 0.1) is 5.92 Å². The first-order valence-corrected chi connectivity index (χ1v) is 7.59. The first-order chi connectivity index (χ1) is 9.15. The molecule has 2 aromatic heterocycles. The van der Waals surface area contributed by atoms with Crippen molar-refractivity contribution in [1.29, 1.82) is 0 Å². The molecule has 2 heterocycles. The lowest BCUT2D eigenvalue weighted by molar-refractivity contribution is 0.332. The van der Waals surface area contributed by atoms with Crippen molar-refractivity contribution in [2.24, 2.45) is 5.92 Å². The van der Waals surface area contributed by atoms with E-state index >= 15 is 0 Å². The van der Waals surface area contributed by atoms with Crippen LogP contribution in [-0.2, 0) is 12.8 Å². The molecule has 0 bridgehead atoms. The van der Waals surface area contributed by atoms with Gasteiger partial charge in [0, 0.05) is 4.88 Å². The number of aryl methyl sites for hydroxylation is 1. The molecule has 2 aromatic rings. The van der Waals surface area contributed by atoms with Gasteiger partial charge in [0.2, 0.25) is 0 Å². The van der Waals surface area contributed by atoms with Crippen molar-refractivity contribution in [3.8, 4) is 0 Å². The number of fused-ring (bicyclic) bond motifs is 3. The van der Waals surface area contributed by atoms with Crippen molar-refractivity contribution < 1.29 is 0 Å². The van der Waals surface area contributed by atoms with E-state index in [1.54, 1.807) is 11.3 Å². The molecule has 1 aliphatic rings. The molecule has 0 radical (unpaired) electrons. The monoisotopic (exact) mass is 277 g/mol. The molecule has 19 heavy (non-hydrogen) atoms. The van der Waals surface area contributed by atoms with Crippen LogP contribution in [-0.4, -0.2) is 35.5 Å². The van der Waals surface area contributed by atoms with E-state index in [1.165, 1.54) is 29.6 Å². The fourth-order valence-corrected chi connectivity index (χ4v) is 4.18. The molecule has 5 heteroatoms. The van der Waals surface area contributed by atoms with Crippen LogP contribution in [0.3, 0.4) is 0 Å². The molecular formula is C14H19N3OS. The Labute approximate surface area is 116 Å². The van der Waals surface area contributed by atoms with Crippen LogP contribution in [0.1, 0.15) is 23.3 Å². The van der Waals surface area contributed by atoms with E-state index in [0.717, 1.165) is 35.5 Å². The Balaban J connectivity index is 1.88. The summed E-state index contributed by atoms with van der Waals surface area (Å²) in [5, 5.41) is 0.841. The van der Waals surface area contributed by atoms with E-state index in [-0.39, 0.29) is 5.56 Å². The van der Waals surface area contributed by atoms with Gasteiger partial charge in [-0.2, -0.15) is 0 Å². The van der Waals surface area contributed by atoms with Gasteiger partial charge >= 0.3 is 0 Å². The van der Waals surface area contributed by atoms with Gasteiger partial charge in [-0.25, -0.2) is 4.98 Å². The highest BCUT2D eigenvalue weighted by Gasteiger charge is 2.24. The number of aromatic amines is 1.